The van der Waals surface area contributed by atoms with E-state index in [0.29, 0.717) is 19.0 Å². The molecule has 1 aromatic heterocycles. The lowest BCUT2D eigenvalue weighted by Gasteiger charge is -2.16. The van der Waals surface area contributed by atoms with Gasteiger partial charge in [0.05, 0.1) is 0 Å². The Morgan fingerprint density at radius 2 is 2.00 bits per heavy atom. The van der Waals surface area contributed by atoms with Crippen LogP contribution in [0.1, 0.15) is 28.3 Å². The Labute approximate surface area is 117 Å². The van der Waals surface area contributed by atoms with Crippen molar-refractivity contribution < 1.29 is 4.79 Å². The van der Waals surface area contributed by atoms with E-state index in [9.17, 15) is 9.59 Å². The summed E-state index contributed by atoms with van der Waals surface area (Å²) in [5.41, 5.74) is 1.25. The SMILES string of the molecule is O=C(c1c[nH]ccc1=O)N1CCC(c2ccccc2)C1. The van der Waals surface area contributed by atoms with Crippen LogP contribution in [0.3, 0.4) is 0 Å². The molecule has 4 heteroatoms. The molecule has 1 aliphatic heterocycles. The van der Waals surface area contributed by atoms with Gasteiger partial charge in [-0.15, -0.1) is 0 Å². The number of pyridine rings is 1. The van der Waals surface area contributed by atoms with E-state index in [0.717, 1.165) is 6.42 Å². The molecule has 0 bridgehead atoms. The Kier molecular flexibility index (Phi) is 3.37. The Balaban J connectivity index is 1.76. The third-order valence-corrected chi connectivity index (χ3v) is 3.80. The van der Waals surface area contributed by atoms with E-state index < -0.39 is 0 Å². The molecule has 1 N–H and O–H groups in total. The maximum Gasteiger partial charge on any atom is 0.259 e. The number of carbonyl (C=O) groups is 1. The van der Waals surface area contributed by atoms with Crippen molar-refractivity contribution in [3.63, 3.8) is 0 Å². The highest BCUT2D eigenvalue weighted by Gasteiger charge is 2.28. The highest BCUT2D eigenvalue weighted by atomic mass is 16.2. The van der Waals surface area contributed by atoms with Gasteiger partial charge in [-0.25, -0.2) is 0 Å². The average molecular weight is 268 g/mol. The number of aromatic amines is 1. The van der Waals surface area contributed by atoms with Crippen molar-refractivity contribution in [1.82, 2.24) is 9.88 Å². The summed E-state index contributed by atoms with van der Waals surface area (Å²) in [6, 6.07) is 11.6. The fraction of sp³-hybridized carbons (Fsp3) is 0.250. The van der Waals surface area contributed by atoms with Crippen molar-refractivity contribution in [2.75, 3.05) is 13.1 Å². The zero-order valence-electron chi connectivity index (χ0n) is 11.1. The summed E-state index contributed by atoms with van der Waals surface area (Å²) in [6.45, 7) is 1.38. The van der Waals surface area contributed by atoms with E-state index in [1.165, 1.54) is 24.0 Å². The number of hydrogen-bond acceptors (Lipinski definition) is 2. The summed E-state index contributed by atoms with van der Waals surface area (Å²) in [4.78, 5) is 28.6. The highest BCUT2D eigenvalue weighted by molar-refractivity contribution is 5.94. The molecular weight excluding hydrogens is 252 g/mol. The summed E-state index contributed by atoms with van der Waals surface area (Å²) in [7, 11) is 0. The second-order valence-corrected chi connectivity index (χ2v) is 5.07. The molecule has 1 atom stereocenters. The van der Waals surface area contributed by atoms with Gasteiger partial charge in [0, 0.05) is 37.5 Å². The van der Waals surface area contributed by atoms with Crippen molar-refractivity contribution in [3.05, 3.63) is 70.1 Å². The molecule has 102 valence electrons. The fourth-order valence-corrected chi connectivity index (χ4v) is 2.70. The smallest absolute Gasteiger partial charge is 0.259 e. The largest absolute Gasteiger partial charge is 0.367 e. The van der Waals surface area contributed by atoms with E-state index in [2.05, 4.69) is 17.1 Å². The molecule has 0 saturated carbocycles. The molecule has 0 aliphatic carbocycles. The number of nitrogens with zero attached hydrogens (tertiary/aromatic N) is 1. The lowest BCUT2D eigenvalue weighted by atomic mass is 9.99. The van der Waals surface area contributed by atoms with Crippen LogP contribution in [0.25, 0.3) is 0 Å². The van der Waals surface area contributed by atoms with Gasteiger partial charge in [0.2, 0.25) is 0 Å². The van der Waals surface area contributed by atoms with Crippen LogP contribution >= 0.6 is 0 Å². The summed E-state index contributed by atoms with van der Waals surface area (Å²) in [6.07, 6.45) is 3.97. The van der Waals surface area contributed by atoms with Crippen LogP contribution in [0.2, 0.25) is 0 Å². The van der Waals surface area contributed by atoms with E-state index in [1.54, 1.807) is 4.90 Å². The number of hydrogen-bond donors (Lipinski definition) is 1. The lowest BCUT2D eigenvalue weighted by Crippen LogP contribution is -2.32. The minimum Gasteiger partial charge on any atom is -0.367 e. The van der Waals surface area contributed by atoms with Gasteiger partial charge in [-0.2, -0.15) is 0 Å². The molecule has 1 amide bonds. The van der Waals surface area contributed by atoms with E-state index in [4.69, 9.17) is 0 Å². The van der Waals surface area contributed by atoms with Gasteiger partial charge in [-0.1, -0.05) is 30.3 Å². The van der Waals surface area contributed by atoms with Gasteiger partial charge in [0.15, 0.2) is 5.43 Å². The number of amides is 1. The summed E-state index contributed by atoms with van der Waals surface area (Å²) >= 11 is 0. The number of likely N-dealkylation sites (tertiary alicyclic amines) is 1. The monoisotopic (exact) mass is 268 g/mol. The van der Waals surface area contributed by atoms with Crippen molar-refractivity contribution in [2.24, 2.45) is 0 Å². The topological polar surface area (TPSA) is 53.2 Å². The van der Waals surface area contributed by atoms with Gasteiger partial charge < -0.3 is 9.88 Å². The van der Waals surface area contributed by atoms with Crippen LogP contribution in [0.4, 0.5) is 0 Å². The van der Waals surface area contributed by atoms with Gasteiger partial charge in [0.1, 0.15) is 5.56 Å². The summed E-state index contributed by atoms with van der Waals surface area (Å²) < 4.78 is 0. The fourth-order valence-electron chi connectivity index (χ4n) is 2.70. The molecule has 3 rings (SSSR count). The molecule has 0 spiro atoms. The maximum atomic E-state index is 12.4. The maximum absolute atomic E-state index is 12.4. The summed E-state index contributed by atoms with van der Waals surface area (Å²) in [5.74, 6) is 0.188. The number of aromatic nitrogens is 1. The molecule has 2 heterocycles. The van der Waals surface area contributed by atoms with Crippen LogP contribution in [-0.4, -0.2) is 28.9 Å². The van der Waals surface area contributed by atoms with Crippen LogP contribution in [-0.2, 0) is 0 Å². The molecule has 0 radical (unpaired) electrons. The lowest BCUT2D eigenvalue weighted by molar-refractivity contribution is 0.0789. The number of nitrogens with one attached hydrogen (secondary N) is 1. The van der Waals surface area contributed by atoms with Crippen LogP contribution in [0.15, 0.2) is 53.6 Å². The molecule has 20 heavy (non-hydrogen) atoms. The number of rotatable bonds is 2. The van der Waals surface area contributed by atoms with Crippen LogP contribution in [0.5, 0.6) is 0 Å². The molecule has 1 aromatic carbocycles. The van der Waals surface area contributed by atoms with Gasteiger partial charge in [-0.05, 0) is 12.0 Å². The molecule has 1 unspecified atom stereocenters. The third kappa shape index (κ3) is 2.37. The second kappa shape index (κ2) is 5.33. The van der Waals surface area contributed by atoms with Crippen LogP contribution in [0, 0.1) is 0 Å². The Bertz CT molecular complexity index is 663. The number of H-pyrrole nitrogens is 1. The predicted octanol–water partition coefficient (Wildman–Crippen LogP) is 2.00. The normalized spacial score (nSPS) is 18.2. The first-order valence-corrected chi connectivity index (χ1v) is 6.77. The van der Waals surface area contributed by atoms with Crippen molar-refractivity contribution in [3.8, 4) is 0 Å². The minimum atomic E-state index is -0.225. The minimum absolute atomic E-state index is 0.176. The Morgan fingerprint density at radius 3 is 2.75 bits per heavy atom. The molecule has 4 nitrogen and oxygen atoms in total. The zero-order chi connectivity index (χ0) is 13.9. The second-order valence-electron chi connectivity index (χ2n) is 5.07. The number of carbonyl (C=O) groups excluding carboxylic acids is 1. The van der Waals surface area contributed by atoms with E-state index >= 15 is 0 Å². The third-order valence-electron chi connectivity index (χ3n) is 3.80. The Morgan fingerprint density at radius 1 is 1.20 bits per heavy atom. The quantitative estimate of drug-likeness (QED) is 0.905. The average Bonchev–Trinajstić information content (AvgIpc) is 2.98. The van der Waals surface area contributed by atoms with Gasteiger partial charge in [0.25, 0.3) is 5.91 Å². The van der Waals surface area contributed by atoms with Crippen LogP contribution < -0.4 is 5.43 Å². The zero-order valence-corrected chi connectivity index (χ0v) is 11.1. The number of benzene rings is 1. The predicted molar refractivity (Wildman–Crippen MR) is 76.8 cm³/mol. The van der Waals surface area contributed by atoms with Gasteiger partial charge >= 0.3 is 0 Å². The highest BCUT2D eigenvalue weighted by Crippen LogP contribution is 2.27. The molecule has 1 saturated heterocycles. The van der Waals surface area contributed by atoms with Crippen molar-refractivity contribution >= 4 is 5.91 Å². The Hall–Kier alpha value is -2.36. The van der Waals surface area contributed by atoms with Crippen molar-refractivity contribution in [1.29, 1.82) is 0 Å². The molecule has 1 aliphatic rings. The summed E-state index contributed by atoms with van der Waals surface area (Å²) in [5, 5.41) is 0. The molecule has 1 fully saturated rings. The van der Waals surface area contributed by atoms with Gasteiger partial charge in [-0.3, -0.25) is 9.59 Å². The van der Waals surface area contributed by atoms with Crippen molar-refractivity contribution in [2.45, 2.75) is 12.3 Å². The first-order valence-electron chi connectivity index (χ1n) is 6.77. The first-order chi connectivity index (χ1) is 9.75. The molecule has 2 aromatic rings. The molecular formula is C16H16N2O2. The standard InChI is InChI=1S/C16H16N2O2/c19-15-6-8-17-10-14(15)16(20)18-9-7-13(11-18)12-4-2-1-3-5-12/h1-6,8,10,13H,7,9,11H2,(H,17,19). The van der Waals surface area contributed by atoms with E-state index in [-0.39, 0.29) is 16.9 Å². The first kappa shape index (κ1) is 12.7. The van der Waals surface area contributed by atoms with E-state index in [1.807, 2.05) is 18.2 Å².